The molecule has 1 saturated heterocycles. The number of methoxy groups -OCH3 is 1. The number of para-hydroxylation sites is 1. The zero-order valence-corrected chi connectivity index (χ0v) is 17.2. The second-order valence-corrected chi connectivity index (χ2v) is 8.11. The SMILES string of the molecule is COc1ccccc1C(=O)N(CC1CCCO1)c1nc2c(C)c(C)ccc2s1. The fourth-order valence-corrected chi connectivity index (χ4v) is 4.57. The number of benzene rings is 2. The third-order valence-electron chi connectivity index (χ3n) is 5.30. The van der Waals surface area contributed by atoms with Crippen molar-refractivity contribution in [3.05, 3.63) is 53.1 Å². The van der Waals surface area contributed by atoms with E-state index in [9.17, 15) is 4.79 Å². The number of carbonyl (C=O) groups excluding carboxylic acids is 1. The molecule has 1 aliphatic heterocycles. The number of hydrogen-bond donors (Lipinski definition) is 0. The van der Waals surface area contributed by atoms with Gasteiger partial charge in [0.05, 0.1) is 35.5 Å². The summed E-state index contributed by atoms with van der Waals surface area (Å²) in [7, 11) is 1.58. The molecule has 0 aliphatic carbocycles. The van der Waals surface area contributed by atoms with Gasteiger partial charge in [0.1, 0.15) is 5.75 Å². The normalized spacial score (nSPS) is 16.5. The molecular weight excluding hydrogens is 372 g/mol. The summed E-state index contributed by atoms with van der Waals surface area (Å²) in [5, 5.41) is 0.704. The molecule has 1 fully saturated rings. The van der Waals surface area contributed by atoms with Crippen LogP contribution in [0, 0.1) is 13.8 Å². The number of aromatic nitrogens is 1. The molecule has 4 rings (SSSR count). The molecule has 1 aliphatic rings. The maximum Gasteiger partial charge on any atom is 0.263 e. The zero-order valence-electron chi connectivity index (χ0n) is 16.4. The molecule has 0 N–H and O–H groups in total. The number of aryl methyl sites for hydroxylation is 2. The van der Waals surface area contributed by atoms with Crippen LogP contribution in [0.15, 0.2) is 36.4 Å². The fourth-order valence-electron chi connectivity index (χ4n) is 3.54. The van der Waals surface area contributed by atoms with Crippen molar-refractivity contribution in [2.45, 2.75) is 32.8 Å². The van der Waals surface area contributed by atoms with Crippen LogP contribution < -0.4 is 9.64 Å². The van der Waals surface area contributed by atoms with E-state index < -0.39 is 0 Å². The van der Waals surface area contributed by atoms with Gasteiger partial charge in [-0.25, -0.2) is 4.98 Å². The van der Waals surface area contributed by atoms with Crippen molar-refractivity contribution in [3.63, 3.8) is 0 Å². The van der Waals surface area contributed by atoms with E-state index in [1.54, 1.807) is 29.4 Å². The summed E-state index contributed by atoms with van der Waals surface area (Å²) in [5.74, 6) is 0.458. The number of nitrogens with zero attached hydrogens (tertiary/aromatic N) is 2. The molecule has 2 heterocycles. The predicted octanol–water partition coefficient (Wildman–Crippen LogP) is 4.75. The van der Waals surface area contributed by atoms with Gasteiger partial charge < -0.3 is 9.47 Å². The van der Waals surface area contributed by atoms with Crippen LogP contribution in [-0.2, 0) is 4.74 Å². The van der Waals surface area contributed by atoms with E-state index >= 15 is 0 Å². The number of fused-ring (bicyclic) bond motifs is 1. The lowest BCUT2D eigenvalue weighted by molar-refractivity contribution is 0.0915. The minimum absolute atomic E-state index is 0.0357. The molecular formula is C22H24N2O3S. The van der Waals surface area contributed by atoms with Crippen LogP contribution in [0.4, 0.5) is 5.13 Å². The van der Waals surface area contributed by atoms with Crippen molar-refractivity contribution in [3.8, 4) is 5.75 Å². The number of carbonyl (C=O) groups is 1. The molecule has 1 atom stereocenters. The Morgan fingerprint density at radius 2 is 2.11 bits per heavy atom. The van der Waals surface area contributed by atoms with Crippen LogP contribution >= 0.6 is 11.3 Å². The lowest BCUT2D eigenvalue weighted by atomic mass is 10.1. The van der Waals surface area contributed by atoms with Crippen molar-refractivity contribution in [2.24, 2.45) is 0 Å². The molecule has 0 radical (unpaired) electrons. The molecule has 0 saturated carbocycles. The topological polar surface area (TPSA) is 51.7 Å². The first-order valence-electron chi connectivity index (χ1n) is 9.51. The van der Waals surface area contributed by atoms with Gasteiger partial charge >= 0.3 is 0 Å². The second kappa shape index (κ2) is 7.89. The highest BCUT2D eigenvalue weighted by Crippen LogP contribution is 2.34. The number of rotatable bonds is 5. The van der Waals surface area contributed by atoms with Gasteiger partial charge in [-0.2, -0.15) is 0 Å². The number of hydrogen-bond acceptors (Lipinski definition) is 5. The third kappa shape index (κ3) is 3.50. The minimum Gasteiger partial charge on any atom is -0.496 e. The number of amides is 1. The van der Waals surface area contributed by atoms with E-state index in [2.05, 4.69) is 26.0 Å². The standard InChI is InChI=1S/C22H24N2O3S/c1-14-10-11-19-20(15(14)2)23-22(28-19)24(13-16-7-6-12-27-16)21(25)17-8-4-5-9-18(17)26-3/h4-5,8-11,16H,6-7,12-13H2,1-3H3. The van der Waals surface area contributed by atoms with Crippen LogP contribution in [-0.4, -0.2) is 37.3 Å². The van der Waals surface area contributed by atoms with Gasteiger partial charge in [0, 0.05) is 6.61 Å². The van der Waals surface area contributed by atoms with Crippen LogP contribution in [0.1, 0.15) is 34.3 Å². The highest BCUT2D eigenvalue weighted by Gasteiger charge is 2.28. The van der Waals surface area contributed by atoms with Gasteiger partial charge in [-0.15, -0.1) is 0 Å². The molecule has 0 spiro atoms. The summed E-state index contributed by atoms with van der Waals surface area (Å²) in [6.45, 7) is 5.40. The number of thiazole rings is 1. The molecule has 1 amide bonds. The molecule has 28 heavy (non-hydrogen) atoms. The predicted molar refractivity (Wildman–Crippen MR) is 113 cm³/mol. The Labute approximate surface area is 168 Å². The van der Waals surface area contributed by atoms with Gasteiger partial charge in [0.15, 0.2) is 5.13 Å². The average Bonchev–Trinajstić information content (AvgIpc) is 3.38. The van der Waals surface area contributed by atoms with E-state index in [1.807, 2.05) is 18.2 Å². The largest absolute Gasteiger partial charge is 0.496 e. The van der Waals surface area contributed by atoms with Crippen LogP contribution in [0.25, 0.3) is 10.2 Å². The molecule has 146 valence electrons. The van der Waals surface area contributed by atoms with E-state index in [1.165, 1.54) is 5.56 Å². The monoisotopic (exact) mass is 396 g/mol. The Morgan fingerprint density at radius 1 is 1.29 bits per heavy atom. The first-order valence-corrected chi connectivity index (χ1v) is 10.3. The van der Waals surface area contributed by atoms with Crippen LogP contribution in [0.3, 0.4) is 0 Å². The number of ether oxygens (including phenoxy) is 2. The van der Waals surface area contributed by atoms with Gasteiger partial charge in [-0.3, -0.25) is 9.69 Å². The molecule has 3 aromatic rings. The molecule has 2 aromatic carbocycles. The summed E-state index contributed by atoms with van der Waals surface area (Å²) in [4.78, 5) is 20.1. The summed E-state index contributed by atoms with van der Waals surface area (Å²) in [6.07, 6.45) is 2.02. The van der Waals surface area contributed by atoms with Gasteiger partial charge in [0.2, 0.25) is 0 Å². The van der Waals surface area contributed by atoms with E-state index in [0.29, 0.717) is 23.0 Å². The summed E-state index contributed by atoms with van der Waals surface area (Å²) in [6, 6.07) is 11.5. The Hall–Kier alpha value is -2.44. The summed E-state index contributed by atoms with van der Waals surface area (Å²) >= 11 is 1.55. The minimum atomic E-state index is -0.110. The fraction of sp³-hybridized carbons (Fsp3) is 0.364. The van der Waals surface area contributed by atoms with Gasteiger partial charge in [0.25, 0.3) is 5.91 Å². The van der Waals surface area contributed by atoms with E-state index in [4.69, 9.17) is 14.5 Å². The Kier molecular flexibility index (Phi) is 5.33. The summed E-state index contributed by atoms with van der Waals surface area (Å²) < 4.78 is 12.3. The van der Waals surface area contributed by atoms with E-state index in [-0.39, 0.29) is 12.0 Å². The second-order valence-electron chi connectivity index (χ2n) is 7.10. The van der Waals surface area contributed by atoms with Crippen molar-refractivity contribution in [2.75, 3.05) is 25.2 Å². The first kappa shape index (κ1) is 18.9. The van der Waals surface area contributed by atoms with Crippen molar-refractivity contribution < 1.29 is 14.3 Å². The molecule has 0 bridgehead atoms. The zero-order chi connectivity index (χ0) is 19.7. The molecule has 1 aromatic heterocycles. The number of anilines is 1. The molecule has 6 heteroatoms. The third-order valence-corrected chi connectivity index (χ3v) is 6.34. The van der Waals surface area contributed by atoms with Crippen LogP contribution in [0.5, 0.6) is 5.75 Å². The van der Waals surface area contributed by atoms with Crippen molar-refractivity contribution in [1.29, 1.82) is 0 Å². The average molecular weight is 397 g/mol. The Bertz CT molecular complexity index is 1010. The van der Waals surface area contributed by atoms with Gasteiger partial charge in [-0.1, -0.05) is 29.5 Å². The van der Waals surface area contributed by atoms with Crippen LogP contribution in [0.2, 0.25) is 0 Å². The van der Waals surface area contributed by atoms with Crippen molar-refractivity contribution >= 4 is 32.6 Å². The lowest BCUT2D eigenvalue weighted by Crippen LogP contribution is -2.37. The quantitative estimate of drug-likeness (QED) is 0.625. The Morgan fingerprint density at radius 3 is 2.86 bits per heavy atom. The molecule has 5 nitrogen and oxygen atoms in total. The van der Waals surface area contributed by atoms with Crippen molar-refractivity contribution in [1.82, 2.24) is 4.98 Å². The molecule has 1 unspecified atom stereocenters. The Balaban J connectivity index is 1.77. The lowest BCUT2D eigenvalue weighted by Gasteiger charge is -2.23. The maximum atomic E-state index is 13.5. The highest BCUT2D eigenvalue weighted by atomic mass is 32.1. The highest BCUT2D eigenvalue weighted by molar-refractivity contribution is 7.22. The smallest absolute Gasteiger partial charge is 0.263 e. The summed E-state index contributed by atoms with van der Waals surface area (Å²) in [5.41, 5.74) is 3.85. The van der Waals surface area contributed by atoms with Gasteiger partial charge in [-0.05, 0) is 56.0 Å². The van der Waals surface area contributed by atoms with E-state index in [0.717, 1.165) is 35.2 Å². The maximum absolute atomic E-state index is 13.5. The first-order chi connectivity index (χ1) is 13.6.